The predicted molar refractivity (Wildman–Crippen MR) is 122 cm³/mol. The van der Waals surface area contributed by atoms with Gasteiger partial charge in [-0.1, -0.05) is 54.6 Å². The Labute approximate surface area is 196 Å². The maximum Gasteiger partial charge on any atom is 0.322 e. The lowest BCUT2D eigenvalue weighted by Gasteiger charge is -2.44. The van der Waals surface area contributed by atoms with Crippen molar-refractivity contribution in [2.75, 3.05) is 20.1 Å². The number of amides is 3. The molecule has 2 aliphatic heterocycles. The highest BCUT2D eigenvalue weighted by Gasteiger charge is 2.53. The van der Waals surface area contributed by atoms with Gasteiger partial charge in [-0.3, -0.25) is 19.2 Å². The van der Waals surface area contributed by atoms with Crippen molar-refractivity contribution in [2.45, 2.75) is 24.9 Å². The molecule has 0 saturated carbocycles. The fourth-order valence-electron chi connectivity index (χ4n) is 4.60. The number of likely N-dealkylation sites (tertiary alicyclic amines) is 1. The number of hydrogen-bond acceptors (Lipinski definition) is 5. The van der Waals surface area contributed by atoms with Gasteiger partial charge in [0.1, 0.15) is 17.9 Å². The van der Waals surface area contributed by atoms with Crippen molar-refractivity contribution in [3.05, 3.63) is 71.5 Å². The Morgan fingerprint density at radius 2 is 1.65 bits per heavy atom. The minimum atomic E-state index is -1.27. The second kappa shape index (κ2) is 9.01. The Morgan fingerprint density at radius 3 is 2.24 bits per heavy atom. The summed E-state index contributed by atoms with van der Waals surface area (Å²) in [5, 5.41) is 21.6. The van der Waals surface area contributed by atoms with Crippen LogP contribution in [0.4, 0.5) is 0 Å². The van der Waals surface area contributed by atoms with E-state index in [9.17, 15) is 24.3 Å². The Balaban J connectivity index is 1.65. The van der Waals surface area contributed by atoms with Crippen LogP contribution in [0.25, 0.3) is 11.1 Å². The Morgan fingerprint density at radius 1 is 1.00 bits per heavy atom. The first-order chi connectivity index (χ1) is 16.2. The Kier molecular flexibility index (Phi) is 6.10. The lowest BCUT2D eigenvalue weighted by Crippen LogP contribution is -2.57. The molecule has 2 aromatic rings. The van der Waals surface area contributed by atoms with Crippen LogP contribution in [0.2, 0.25) is 0 Å². The fourth-order valence-corrected chi connectivity index (χ4v) is 4.60. The maximum absolute atomic E-state index is 13.5. The molecule has 9 heteroatoms. The molecule has 9 nitrogen and oxygen atoms in total. The molecule has 2 aromatic carbocycles. The molecule has 1 spiro atoms. The number of carbonyl (C=O) groups excluding carboxylic acids is 3. The molecule has 2 aliphatic rings. The molecular weight excluding hydrogens is 438 g/mol. The van der Waals surface area contributed by atoms with Gasteiger partial charge in [-0.25, -0.2) is 0 Å². The lowest BCUT2D eigenvalue weighted by molar-refractivity contribution is -0.141. The average molecular weight is 463 g/mol. The van der Waals surface area contributed by atoms with Crippen molar-refractivity contribution >= 4 is 23.7 Å². The number of carboxylic acid groups (broad SMARTS) is 1. The van der Waals surface area contributed by atoms with Crippen LogP contribution in [0.15, 0.2) is 65.9 Å². The summed E-state index contributed by atoms with van der Waals surface area (Å²) >= 11 is 0. The third kappa shape index (κ3) is 4.36. The number of aliphatic carboxylic acids is 1. The van der Waals surface area contributed by atoms with Gasteiger partial charge in [0, 0.05) is 26.6 Å². The molecule has 3 N–H and O–H groups in total. The van der Waals surface area contributed by atoms with E-state index in [0.717, 1.165) is 16.7 Å². The highest BCUT2D eigenvalue weighted by molar-refractivity contribution is 6.20. The third-order valence-corrected chi connectivity index (χ3v) is 6.28. The average Bonchev–Trinajstić information content (AvgIpc) is 3.09. The summed E-state index contributed by atoms with van der Waals surface area (Å²) in [4.78, 5) is 52.2. The van der Waals surface area contributed by atoms with E-state index in [-0.39, 0.29) is 31.8 Å². The van der Waals surface area contributed by atoms with Gasteiger partial charge in [0.25, 0.3) is 11.8 Å². The number of aliphatic hydroxyl groups excluding tert-OH is 1. The molecule has 2 heterocycles. The molecule has 0 bridgehead atoms. The number of likely N-dealkylation sites (N-methyl/N-ethyl adjacent to an activating group) is 1. The summed E-state index contributed by atoms with van der Waals surface area (Å²) in [5.41, 5.74) is 1.36. The maximum atomic E-state index is 13.5. The predicted octanol–water partition coefficient (Wildman–Crippen LogP) is 1.70. The summed E-state index contributed by atoms with van der Waals surface area (Å²) in [5.74, 6) is -3.56. The molecule has 4 rings (SSSR count). The van der Waals surface area contributed by atoms with Crippen molar-refractivity contribution < 1.29 is 29.4 Å². The van der Waals surface area contributed by atoms with E-state index in [1.54, 1.807) is 7.05 Å². The number of hydrogen-bond donors (Lipinski definition) is 3. The van der Waals surface area contributed by atoms with Crippen molar-refractivity contribution in [3.8, 4) is 11.1 Å². The van der Waals surface area contributed by atoms with Crippen LogP contribution in [0.5, 0.6) is 0 Å². The molecule has 1 atom stereocenters. The molecule has 1 unspecified atom stereocenters. The quantitative estimate of drug-likeness (QED) is 0.560. The van der Waals surface area contributed by atoms with Crippen LogP contribution in [-0.2, 0) is 25.7 Å². The zero-order valence-electron chi connectivity index (χ0n) is 18.7. The van der Waals surface area contributed by atoms with Gasteiger partial charge in [-0.2, -0.15) is 0 Å². The minimum absolute atomic E-state index is 0.0193. The van der Waals surface area contributed by atoms with Gasteiger partial charge < -0.3 is 25.3 Å². The molecule has 3 amide bonds. The standard InChI is InChI=1S/C25H25N3O6/c1-27-15-25(12-20(27)30)11-19(29)22(23(33)26-13-21(31)32)24(34)28(25)14-16-7-9-18(10-8-16)17-5-3-2-4-6-17/h2-10,29H,11-15H2,1H3,(H,26,33)(H,31,32). The first-order valence-electron chi connectivity index (χ1n) is 10.8. The summed E-state index contributed by atoms with van der Waals surface area (Å²) in [6.45, 7) is -0.345. The molecule has 0 radical (unpaired) electrons. The van der Waals surface area contributed by atoms with Crippen molar-refractivity contribution in [1.29, 1.82) is 0 Å². The first kappa shape index (κ1) is 23.0. The van der Waals surface area contributed by atoms with Gasteiger partial charge in [0.2, 0.25) is 5.91 Å². The summed E-state index contributed by atoms with van der Waals surface area (Å²) in [6.07, 6.45) is -0.0574. The van der Waals surface area contributed by atoms with Crippen molar-refractivity contribution in [1.82, 2.24) is 15.1 Å². The minimum Gasteiger partial charge on any atom is -0.511 e. The van der Waals surface area contributed by atoms with E-state index < -0.39 is 41.2 Å². The van der Waals surface area contributed by atoms with Gasteiger partial charge >= 0.3 is 5.97 Å². The van der Waals surface area contributed by atoms with E-state index in [0.29, 0.717) is 0 Å². The third-order valence-electron chi connectivity index (χ3n) is 6.28. The second-order valence-electron chi connectivity index (χ2n) is 8.68. The van der Waals surface area contributed by atoms with E-state index in [1.807, 2.05) is 54.6 Å². The number of aliphatic hydroxyl groups is 1. The second-order valence-corrected chi connectivity index (χ2v) is 8.68. The van der Waals surface area contributed by atoms with Gasteiger partial charge in [-0.15, -0.1) is 0 Å². The van der Waals surface area contributed by atoms with Gasteiger partial charge in [0.15, 0.2) is 0 Å². The van der Waals surface area contributed by atoms with Crippen LogP contribution in [0, 0.1) is 0 Å². The first-order valence-corrected chi connectivity index (χ1v) is 10.8. The Hall–Kier alpha value is -4.14. The van der Waals surface area contributed by atoms with Gasteiger partial charge in [0.05, 0.1) is 12.0 Å². The number of nitrogens with one attached hydrogen (secondary N) is 1. The monoisotopic (exact) mass is 463 g/mol. The van der Waals surface area contributed by atoms with Crippen LogP contribution in [0.1, 0.15) is 18.4 Å². The van der Waals surface area contributed by atoms with E-state index >= 15 is 0 Å². The van der Waals surface area contributed by atoms with Gasteiger partial charge in [-0.05, 0) is 16.7 Å². The summed E-state index contributed by atoms with van der Waals surface area (Å²) in [7, 11) is 1.63. The molecular formula is C25H25N3O6. The number of nitrogens with zero attached hydrogens (tertiary/aromatic N) is 2. The van der Waals surface area contributed by atoms with Crippen LogP contribution >= 0.6 is 0 Å². The fraction of sp³-hybridized carbons (Fsp3) is 0.280. The Bertz CT molecular complexity index is 1170. The number of carbonyl (C=O) groups is 4. The number of carboxylic acids is 1. The van der Waals surface area contributed by atoms with Crippen LogP contribution in [0.3, 0.4) is 0 Å². The number of benzene rings is 2. The smallest absolute Gasteiger partial charge is 0.322 e. The molecule has 0 aliphatic carbocycles. The van der Waals surface area contributed by atoms with E-state index in [1.165, 1.54) is 9.80 Å². The van der Waals surface area contributed by atoms with Crippen LogP contribution < -0.4 is 5.32 Å². The molecule has 1 saturated heterocycles. The molecule has 0 aromatic heterocycles. The van der Waals surface area contributed by atoms with Crippen molar-refractivity contribution in [2.24, 2.45) is 0 Å². The largest absolute Gasteiger partial charge is 0.511 e. The normalized spacial score (nSPS) is 20.3. The zero-order valence-corrected chi connectivity index (χ0v) is 18.7. The summed E-state index contributed by atoms with van der Waals surface area (Å²) in [6, 6.07) is 17.5. The van der Waals surface area contributed by atoms with Crippen LogP contribution in [-0.4, -0.2) is 69.4 Å². The highest BCUT2D eigenvalue weighted by Crippen LogP contribution is 2.40. The lowest BCUT2D eigenvalue weighted by atomic mass is 9.84. The number of rotatable bonds is 6. The SMILES string of the molecule is CN1CC2(CC1=O)CC(O)=C(C(=O)NCC(=O)O)C(=O)N2Cc1ccc(-c2ccccc2)cc1. The van der Waals surface area contributed by atoms with E-state index in [2.05, 4.69) is 5.32 Å². The summed E-state index contributed by atoms with van der Waals surface area (Å²) < 4.78 is 0. The topological polar surface area (TPSA) is 127 Å². The van der Waals surface area contributed by atoms with E-state index in [4.69, 9.17) is 5.11 Å². The molecule has 34 heavy (non-hydrogen) atoms. The zero-order chi connectivity index (χ0) is 24.5. The molecule has 176 valence electrons. The molecule has 1 fully saturated rings. The highest BCUT2D eigenvalue weighted by atomic mass is 16.4. The van der Waals surface area contributed by atoms with Crippen molar-refractivity contribution in [3.63, 3.8) is 0 Å².